The summed E-state index contributed by atoms with van der Waals surface area (Å²) in [6.45, 7) is 3.79. The summed E-state index contributed by atoms with van der Waals surface area (Å²) in [4.78, 5) is 2.23. The van der Waals surface area contributed by atoms with E-state index in [0.717, 1.165) is 42.9 Å². The number of anilines is 1. The summed E-state index contributed by atoms with van der Waals surface area (Å²) in [5.74, 6) is 0.777. The molecule has 0 saturated carbocycles. The monoisotopic (exact) mass is 221 g/mol. The minimum Gasteiger partial charge on any atom is -0.490 e. The average molecular weight is 221 g/mol. The van der Waals surface area contributed by atoms with E-state index in [1.165, 1.54) is 0 Å². The van der Waals surface area contributed by atoms with Gasteiger partial charge < -0.3 is 15.4 Å². The number of ether oxygens (including phenoxy) is 1. The number of rotatable bonds is 2. The molecule has 0 aromatic heterocycles. The van der Waals surface area contributed by atoms with E-state index in [9.17, 15) is 0 Å². The highest BCUT2D eigenvalue weighted by Gasteiger charge is 2.18. The molecule has 0 unspecified atom stereocenters. The van der Waals surface area contributed by atoms with E-state index in [4.69, 9.17) is 11.8 Å². The van der Waals surface area contributed by atoms with Crippen LogP contribution in [0.25, 0.3) is 0 Å². The van der Waals surface area contributed by atoms with Crippen molar-refractivity contribution in [3.05, 3.63) is 23.8 Å². The van der Waals surface area contributed by atoms with Crippen molar-refractivity contribution in [2.75, 3.05) is 25.9 Å². The van der Waals surface area contributed by atoms with Crippen LogP contribution in [0.3, 0.4) is 0 Å². The Bertz CT molecular complexity index is 400. The van der Waals surface area contributed by atoms with Crippen LogP contribution in [0.5, 0.6) is 5.75 Å². The van der Waals surface area contributed by atoms with Crippen LogP contribution in [0, 0.1) is 6.92 Å². The van der Waals surface area contributed by atoms with Crippen molar-refractivity contribution < 1.29 is 6.11 Å². The Balaban J connectivity index is 2.09. The van der Waals surface area contributed by atoms with E-state index in [-0.39, 0.29) is 0 Å². The second-order valence-electron chi connectivity index (χ2n) is 4.47. The average Bonchev–Trinajstić information content (AvgIpc) is 2.27. The molecule has 88 valence electrons. The Hall–Kier alpha value is -1.22. The van der Waals surface area contributed by atoms with Gasteiger partial charge >= 0.3 is 0 Å². The molecule has 0 aliphatic carbocycles. The van der Waals surface area contributed by atoms with Gasteiger partial charge in [0, 0.05) is 18.8 Å². The predicted octanol–water partition coefficient (Wildman–Crippen LogP) is 2.05. The number of piperidine rings is 1. The Morgan fingerprint density at radius 1 is 1.44 bits per heavy atom. The zero-order valence-corrected chi connectivity index (χ0v) is 9.99. The number of aryl methyl sites for hydroxylation is 1. The highest BCUT2D eigenvalue weighted by Crippen LogP contribution is 2.24. The quantitative estimate of drug-likeness (QED) is 0.777. The maximum absolute atomic E-state index is 8.32. The molecule has 1 aliphatic rings. The summed E-state index contributed by atoms with van der Waals surface area (Å²) in [7, 11) is 2.08. The first-order chi connectivity index (χ1) is 7.98. The number of hydrogen-bond donors (Lipinski definition) is 1. The van der Waals surface area contributed by atoms with E-state index in [1.54, 1.807) is 0 Å². The standard InChI is InChI=1S/C13H20N2O/c1-10-9-11(14)3-4-13(10)16-12-5-7-15(2)8-6-12/h3-4,9,12H,5-8,14H2,1-2H3/i12D. The molecular formula is C13H20N2O. The fourth-order valence-electron chi connectivity index (χ4n) is 1.91. The van der Waals surface area contributed by atoms with Gasteiger partial charge in [0.1, 0.15) is 11.8 Å². The number of likely N-dealkylation sites (tertiary alicyclic amines) is 1. The van der Waals surface area contributed by atoms with Gasteiger partial charge in [-0.1, -0.05) is 0 Å². The highest BCUT2D eigenvalue weighted by molar-refractivity contribution is 5.47. The van der Waals surface area contributed by atoms with Crippen LogP contribution in [0.2, 0.25) is 0 Å². The highest BCUT2D eigenvalue weighted by atomic mass is 16.5. The van der Waals surface area contributed by atoms with Gasteiger partial charge in [-0.25, -0.2) is 0 Å². The van der Waals surface area contributed by atoms with Gasteiger partial charge in [-0.3, -0.25) is 0 Å². The lowest BCUT2D eigenvalue weighted by Crippen LogP contribution is -2.35. The van der Waals surface area contributed by atoms with Crippen LogP contribution in [-0.4, -0.2) is 31.1 Å². The fourth-order valence-corrected chi connectivity index (χ4v) is 1.91. The first-order valence-electron chi connectivity index (χ1n) is 6.22. The molecule has 1 aliphatic heterocycles. The van der Waals surface area contributed by atoms with E-state index in [1.807, 2.05) is 25.1 Å². The molecular weight excluding hydrogens is 200 g/mol. The van der Waals surface area contributed by atoms with Crippen molar-refractivity contribution >= 4 is 5.69 Å². The molecule has 1 saturated heterocycles. The smallest absolute Gasteiger partial charge is 0.122 e. The Morgan fingerprint density at radius 2 is 2.12 bits per heavy atom. The Labute approximate surface area is 98.6 Å². The van der Waals surface area contributed by atoms with Crippen LogP contribution in [-0.2, 0) is 0 Å². The number of benzene rings is 1. The molecule has 0 atom stereocenters. The summed E-state index contributed by atoms with van der Waals surface area (Å²) in [6.07, 6.45) is 0.702. The molecule has 0 radical (unpaired) electrons. The third kappa shape index (κ3) is 2.67. The first kappa shape index (κ1) is 9.97. The van der Waals surface area contributed by atoms with Gasteiger partial charge in [-0.2, -0.15) is 0 Å². The molecule has 2 rings (SSSR count). The molecule has 3 heteroatoms. The molecule has 1 aromatic rings. The summed E-state index contributed by atoms with van der Waals surface area (Å²) in [5, 5.41) is 0. The predicted molar refractivity (Wildman–Crippen MR) is 66.7 cm³/mol. The summed E-state index contributed by atoms with van der Waals surface area (Å²) >= 11 is 0. The zero-order valence-electron chi connectivity index (χ0n) is 11.0. The van der Waals surface area contributed by atoms with Gasteiger partial charge in [0.15, 0.2) is 0 Å². The lowest BCUT2D eigenvalue weighted by molar-refractivity contribution is 0.113. The van der Waals surface area contributed by atoms with E-state index >= 15 is 0 Å². The maximum Gasteiger partial charge on any atom is 0.122 e. The lowest BCUT2D eigenvalue weighted by atomic mass is 10.1. The van der Waals surface area contributed by atoms with Crippen molar-refractivity contribution in [1.82, 2.24) is 4.90 Å². The minimum atomic E-state index is -0.784. The van der Waals surface area contributed by atoms with Gasteiger partial charge in [0.2, 0.25) is 0 Å². The van der Waals surface area contributed by atoms with Crippen molar-refractivity contribution in [1.29, 1.82) is 0 Å². The molecule has 3 nitrogen and oxygen atoms in total. The molecule has 0 spiro atoms. The number of nitrogens with two attached hydrogens (primary N) is 1. The summed E-state index contributed by atoms with van der Waals surface area (Å²) in [5.41, 5.74) is 7.43. The molecule has 2 N–H and O–H groups in total. The molecule has 1 heterocycles. The second-order valence-corrected chi connectivity index (χ2v) is 4.47. The van der Waals surface area contributed by atoms with Crippen molar-refractivity contribution in [2.45, 2.75) is 25.8 Å². The van der Waals surface area contributed by atoms with Crippen molar-refractivity contribution in [2.24, 2.45) is 0 Å². The number of nitrogens with zero attached hydrogens (tertiary/aromatic N) is 1. The third-order valence-electron chi connectivity index (χ3n) is 3.00. The van der Waals surface area contributed by atoms with Gasteiger partial charge in [0.25, 0.3) is 0 Å². The third-order valence-corrected chi connectivity index (χ3v) is 3.00. The second kappa shape index (κ2) is 4.74. The van der Waals surface area contributed by atoms with Crippen LogP contribution in [0.15, 0.2) is 18.2 Å². The largest absolute Gasteiger partial charge is 0.490 e. The van der Waals surface area contributed by atoms with Gasteiger partial charge in [0.05, 0.1) is 1.37 Å². The summed E-state index contributed by atoms with van der Waals surface area (Å²) < 4.78 is 14.2. The van der Waals surface area contributed by atoms with E-state index in [2.05, 4.69) is 11.9 Å². The van der Waals surface area contributed by atoms with Crippen LogP contribution < -0.4 is 10.5 Å². The van der Waals surface area contributed by atoms with E-state index in [0.29, 0.717) is 0 Å². The van der Waals surface area contributed by atoms with Crippen molar-refractivity contribution in [3.63, 3.8) is 0 Å². The van der Waals surface area contributed by atoms with E-state index < -0.39 is 6.08 Å². The molecule has 0 bridgehead atoms. The minimum absolute atomic E-state index is 0.734. The number of nitrogen functional groups attached to an aromatic ring is 1. The Kier molecular flexibility index (Phi) is 2.96. The molecule has 1 aromatic carbocycles. The normalized spacial score (nSPS) is 21.5. The zero-order chi connectivity index (χ0) is 12.5. The first-order valence-corrected chi connectivity index (χ1v) is 5.72. The number of hydrogen-bond acceptors (Lipinski definition) is 3. The van der Waals surface area contributed by atoms with Gasteiger partial charge in [-0.05, 0) is 50.6 Å². The molecule has 16 heavy (non-hydrogen) atoms. The topological polar surface area (TPSA) is 38.5 Å². The SMILES string of the molecule is [2H]C1(Oc2ccc(N)cc2C)CCN(C)CC1. The summed E-state index contributed by atoms with van der Waals surface area (Å²) in [6, 6.07) is 5.56. The molecule has 0 amide bonds. The lowest BCUT2D eigenvalue weighted by Gasteiger charge is -2.29. The Morgan fingerprint density at radius 3 is 2.75 bits per heavy atom. The van der Waals surface area contributed by atoms with Gasteiger partial charge in [-0.15, -0.1) is 0 Å². The van der Waals surface area contributed by atoms with Crippen molar-refractivity contribution in [3.8, 4) is 5.75 Å². The van der Waals surface area contributed by atoms with Crippen LogP contribution >= 0.6 is 0 Å². The van der Waals surface area contributed by atoms with Crippen LogP contribution in [0.1, 0.15) is 19.8 Å². The van der Waals surface area contributed by atoms with Crippen LogP contribution in [0.4, 0.5) is 5.69 Å². The molecule has 1 fully saturated rings. The maximum atomic E-state index is 8.32. The fraction of sp³-hybridized carbons (Fsp3) is 0.538.